The summed E-state index contributed by atoms with van der Waals surface area (Å²) in [5, 5.41) is 36.8. The SMILES string of the molecule is COCOc1ccccc1-c1cc2cc(-c3cn([C@H](C(=O)O)C(C)C)nn3)c(C#N)cc2nn1. The van der Waals surface area contributed by atoms with Crippen LogP contribution in [0.3, 0.4) is 0 Å². The summed E-state index contributed by atoms with van der Waals surface area (Å²) in [4.78, 5) is 11.7. The summed E-state index contributed by atoms with van der Waals surface area (Å²) in [6.07, 6.45) is 1.55. The second kappa shape index (κ2) is 9.64. The lowest BCUT2D eigenvalue weighted by molar-refractivity contribution is -0.142. The lowest BCUT2D eigenvalue weighted by Gasteiger charge is -2.15. The molecule has 0 aliphatic heterocycles. The number of nitriles is 1. The summed E-state index contributed by atoms with van der Waals surface area (Å²) in [6.45, 7) is 3.69. The van der Waals surface area contributed by atoms with Gasteiger partial charge in [0.15, 0.2) is 12.8 Å². The second-order valence-electron chi connectivity index (χ2n) is 7.96. The van der Waals surface area contributed by atoms with E-state index >= 15 is 0 Å². The van der Waals surface area contributed by atoms with Crippen molar-refractivity contribution in [2.45, 2.75) is 19.9 Å². The molecule has 0 saturated heterocycles. The lowest BCUT2D eigenvalue weighted by atomic mass is 10.0. The highest BCUT2D eigenvalue weighted by Crippen LogP contribution is 2.32. The molecular formula is C24H22N6O4. The van der Waals surface area contributed by atoms with E-state index in [-0.39, 0.29) is 12.7 Å². The smallest absolute Gasteiger partial charge is 0.328 e. The monoisotopic (exact) mass is 458 g/mol. The molecule has 0 aliphatic rings. The number of aromatic nitrogens is 5. The van der Waals surface area contributed by atoms with Gasteiger partial charge in [0.25, 0.3) is 0 Å². The van der Waals surface area contributed by atoms with Crippen molar-refractivity contribution in [2.24, 2.45) is 5.92 Å². The molecule has 2 heterocycles. The zero-order valence-electron chi connectivity index (χ0n) is 18.8. The summed E-state index contributed by atoms with van der Waals surface area (Å²) in [5.41, 5.74) is 3.13. The number of hydrogen-bond acceptors (Lipinski definition) is 8. The third-order valence-electron chi connectivity index (χ3n) is 5.30. The molecule has 10 nitrogen and oxygen atoms in total. The van der Waals surface area contributed by atoms with E-state index < -0.39 is 12.0 Å². The molecule has 2 aromatic carbocycles. The number of para-hydroxylation sites is 1. The van der Waals surface area contributed by atoms with Gasteiger partial charge >= 0.3 is 5.97 Å². The Kier molecular flexibility index (Phi) is 6.47. The number of carboxylic acids is 1. The third kappa shape index (κ3) is 4.42. The number of methoxy groups -OCH3 is 1. The van der Waals surface area contributed by atoms with Gasteiger partial charge in [0.2, 0.25) is 0 Å². The molecule has 4 aromatic rings. The molecule has 0 unspecified atom stereocenters. The Labute approximate surface area is 195 Å². The normalized spacial score (nSPS) is 12.0. The Balaban J connectivity index is 1.80. The summed E-state index contributed by atoms with van der Waals surface area (Å²) in [5.74, 6) is -0.597. The van der Waals surface area contributed by atoms with E-state index in [1.54, 1.807) is 39.3 Å². The number of hydrogen-bond donors (Lipinski definition) is 1. The molecule has 1 N–H and O–H groups in total. The topological polar surface area (TPSA) is 136 Å². The molecule has 10 heteroatoms. The molecule has 0 radical (unpaired) electrons. The van der Waals surface area contributed by atoms with Crippen molar-refractivity contribution in [3.05, 3.63) is 54.2 Å². The Morgan fingerprint density at radius 1 is 1.12 bits per heavy atom. The predicted molar refractivity (Wildman–Crippen MR) is 123 cm³/mol. The average molecular weight is 458 g/mol. The summed E-state index contributed by atoms with van der Waals surface area (Å²) in [7, 11) is 1.54. The number of rotatable bonds is 8. The predicted octanol–water partition coefficient (Wildman–Crippen LogP) is 3.69. The molecule has 0 spiro atoms. The van der Waals surface area contributed by atoms with Gasteiger partial charge in [-0.2, -0.15) is 5.26 Å². The third-order valence-corrected chi connectivity index (χ3v) is 5.30. The molecule has 4 rings (SSSR count). The Bertz CT molecular complexity index is 1390. The molecular weight excluding hydrogens is 436 g/mol. The average Bonchev–Trinajstić information content (AvgIpc) is 3.30. The molecule has 172 valence electrons. The van der Waals surface area contributed by atoms with Gasteiger partial charge in [-0.15, -0.1) is 15.3 Å². The maximum Gasteiger partial charge on any atom is 0.328 e. The van der Waals surface area contributed by atoms with E-state index in [9.17, 15) is 15.2 Å². The zero-order valence-corrected chi connectivity index (χ0v) is 18.8. The van der Waals surface area contributed by atoms with Gasteiger partial charge in [-0.1, -0.05) is 31.2 Å². The molecule has 0 bridgehead atoms. The Morgan fingerprint density at radius 2 is 1.91 bits per heavy atom. The van der Waals surface area contributed by atoms with Crippen molar-refractivity contribution in [1.82, 2.24) is 25.2 Å². The van der Waals surface area contributed by atoms with Crippen molar-refractivity contribution >= 4 is 16.9 Å². The highest BCUT2D eigenvalue weighted by Gasteiger charge is 2.25. The van der Waals surface area contributed by atoms with Crippen LogP contribution in [0.1, 0.15) is 25.5 Å². The minimum absolute atomic E-state index is 0.0943. The maximum atomic E-state index is 11.7. The largest absolute Gasteiger partial charge is 0.480 e. The first-order valence-electron chi connectivity index (χ1n) is 10.5. The van der Waals surface area contributed by atoms with Gasteiger partial charge in [-0.25, -0.2) is 9.48 Å². The summed E-state index contributed by atoms with van der Waals surface area (Å²) < 4.78 is 12.0. The van der Waals surface area contributed by atoms with Crippen LogP contribution >= 0.6 is 0 Å². The van der Waals surface area contributed by atoms with Crippen molar-refractivity contribution in [3.63, 3.8) is 0 Å². The number of fused-ring (bicyclic) bond motifs is 1. The minimum atomic E-state index is -1.00. The Morgan fingerprint density at radius 3 is 2.62 bits per heavy atom. The number of carbonyl (C=O) groups is 1. The first-order valence-corrected chi connectivity index (χ1v) is 10.5. The molecule has 0 fully saturated rings. The fourth-order valence-electron chi connectivity index (χ4n) is 3.69. The van der Waals surface area contributed by atoms with Gasteiger partial charge in [0.05, 0.1) is 29.0 Å². The van der Waals surface area contributed by atoms with Crippen LogP contribution in [0, 0.1) is 17.2 Å². The minimum Gasteiger partial charge on any atom is -0.480 e. The van der Waals surface area contributed by atoms with E-state index in [1.165, 1.54) is 4.68 Å². The van der Waals surface area contributed by atoms with Crippen LogP contribution < -0.4 is 4.74 Å². The number of ether oxygens (including phenoxy) is 2. The van der Waals surface area contributed by atoms with Crippen LogP contribution in [0.25, 0.3) is 33.4 Å². The molecule has 0 amide bonds. The Hall–Kier alpha value is -4.36. The van der Waals surface area contributed by atoms with Gasteiger partial charge in [0.1, 0.15) is 11.4 Å². The van der Waals surface area contributed by atoms with Gasteiger partial charge in [-0.05, 0) is 36.2 Å². The quantitative estimate of drug-likeness (QED) is 0.392. The summed E-state index contributed by atoms with van der Waals surface area (Å²) in [6, 6.07) is 14.0. The van der Waals surface area contributed by atoms with Crippen LogP contribution in [-0.2, 0) is 9.53 Å². The standard InChI is InChI=1S/C24H22N6O4/c1-14(2)23(24(31)32)30-12-21(28-29-30)18-8-15-9-20(27-26-19(15)10-16(18)11-25)17-6-4-5-7-22(17)34-13-33-3/h4-10,12,14,23H,13H2,1-3H3,(H,31,32)/t23-/m0/s1. The fraction of sp³-hybridized carbons (Fsp3) is 0.250. The van der Waals surface area contributed by atoms with Crippen molar-refractivity contribution < 1.29 is 19.4 Å². The number of nitrogens with zero attached hydrogens (tertiary/aromatic N) is 6. The fourth-order valence-corrected chi connectivity index (χ4v) is 3.69. The zero-order chi connectivity index (χ0) is 24.2. The van der Waals surface area contributed by atoms with Crippen molar-refractivity contribution in [3.8, 4) is 34.3 Å². The van der Waals surface area contributed by atoms with Gasteiger partial charge in [-0.3, -0.25) is 0 Å². The molecule has 0 saturated carbocycles. The van der Waals surface area contributed by atoms with E-state index in [4.69, 9.17) is 9.47 Å². The highest BCUT2D eigenvalue weighted by molar-refractivity contribution is 5.89. The number of carboxylic acid groups (broad SMARTS) is 1. The molecule has 0 aliphatic carbocycles. The first kappa shape index (κ1) is 22.8. The molecule has 1 atom stereocenters. The molecule has 2 aromatic heterocycles. The summed E-state index contributed by atoms with van der Waals surface area (Å²) >= 11 is 0. The second-order valence-corrected chi connectivity index (χ2v) is 7.96. The van der Waals surface area contributed by atoms with Crippen LogP contribution in [-0.4, -0.2) is 50.2 Å². The number of aliphatic carboxylic acids is 1. The first-order chi connectivity index (χ1) is 16.4. The molecule has 34 heavy (non-hydrogen) atoms. The van der Waals surface area contributed by atoms with Crippen LogP contribution in [0.2, 0.25) is 0 Å². The number of benzene rings is 2. The van der Waals surface area contributed by atoms with Crippen LogP contribution in [0.5, 0.6) is 5.75 Å². The van der Waals surface area contributed by atoms with E-state index in [2.05, 4.69) is 26.6 Å². The van der Waals surface area contributed by atoms with E-state index in [0.29, 0.717) is 33.8 Å². The van der Waals surface area contributed by atoms with E-state index in [0.717, 1.165) is 10.9 Å². The van der Waals surface area contributed by atoms with Gasteiger partial charge in [0, 0.05) is 23.6 Å². The van der Waals surface area contributed by atoms with Crippen LogP contribution in [0.15, 0.2) is 48.7 Å². The highest BCUT2D eigenvalue weighted by atomic mass is 16.7. The van der Waals surface area contributed by atoms with Gasteiger partial charge < -0.3 is 14.6 Å². The maximum absolute atomic E-state index is 11.7. The van der Waals surface area contributed by atoms with Crippen molar-refractivity contribution in [2.75, 3.05) is 13.9 Å². The lowest BCUT2D eigenvalue weighted by Crippen LogP contribution is -2.24. The van der Waals surface area contributed by atoms with E-state index in [1.807, 2.05) is 30.3 Å². The van der Waals surface area contributed by atoms with Crippen LogP contribution in [0.4, 0.5) is 0 Å². The van der Waals surface area contributed by atoms with Crippen molar-refractivity contribution in [1.29, 1.82) is 5.26 Å².